The van der Waals surface area contributed by atoms with Crippen LogP contribution < -0.4 is 5.32 Å². The van der Waals surface area contributed by atoms with E-state index in [0.717, 1.165) is 23.5 Å². The first-order valence-electron chi connectivity index (χ1n) is 7.39. The number of thiazole rings is 1. The molecule has 3 rings (SSSR count). The molecule has 0 unspecified atom stereocenters. The van der Waals surface area contributed by atoms with Gasteiger partial charge < -0.3 is 9.84 Å². The smallest absolute Gasteiger partial charge is 0.273 e. The van der Waals surface area contributed by atoms with Gasteiger partial charge >= 0.3 is 0 Å². The van der Waals surface area contributed by atoms with Crippen molar-refractivity contribution in [3.05, 3.63) is 69.5 Å². The van der Waals surface area contributed by atoms with Gasteiger partial charge in [-0.15, -0.1) is 11.3 Å². The van der Waals surface area contributed by atoms with E-state index >= 15 is 0 Å². The Balaban J connectivity index is 1.50. The van der Waals surface area contributed by atoms with Gasteiger partial charge in [0.2, 0.25) is 0 Å². The van der Waals surface area contributed by atoms with Crippen LogP contribution >= 0.6 is 11.3 Å². The quantitative estimate of drug-likeness (QED) is 0.755. The Morgan fingerprint density at radius 1 is 1.26 bits per heavy atom. The summed E-state index contributed by atoms with van der Waals surface area (Å²) in [4.78, 5) is 16.4. The number of aromatic nitrogens is 2. The molecule has 0 aliphatic carbocycles. The lowest BCUT2D eigenvalue weighted by atomic mass is 10.1. The van der Waals surface area contributed by atoms with E-state index in [1.165, 1.54) is 5.56 Å². The van der Waals surface area contributed by atoms with Gasteiger partial charge in [0.25, 0.3) is 5.91 Å². The number of amides is 1. The van der Waals surface area contributed by atoms with Crippen LogP contribution in [-0.2, 0) is 19.4 Å². The Labute approximate surface area is 138 Å². The lowest BCUT2D eigenvalue weighted by Crippen LogP contribution is -2.23. The first-order chi connectivity index (χ1) is 11.2. The van der Waals surface area contributed by atoms with E-state index in [1.807, 2.05) is 23.6 Å². The van der Waals surface area contributed by atoms with Gasteiger partial charge in [-0.05, 0) is 18.9 Å². The highest BCUT2D eigenvalue weighted by Crippen LogP contribution is 2.13. The molecule has 0 fully saturated rings. The topological polar surface area (TPSA) is 68.0 Å². The lowest BCUT2D eigenvalue weighted by molar-refractivity contribution is 0.0941. The molecular formula is C17H17N3O2S. The predicted octanol–water partition coefficient (Wildman–Crippen LogP) is 3.15. The van der Waals surface area contributed by atoms with Crippen molar-refractivity contribution in [3.63, 3.8) is 0 Å². The molecule has 118 valence electrons. The maximum atomic E-state index is 11.9. The molecule has 1 N–H and O–H groups in total. The van der Waals surface area contributed by atoms with Gasteiger partial charge in [0.1, 0.15) is 5.76 Å². The van der Waals surface area contributed by atoms with Crippen molar-refractivity contribution in [3.8, 4) is 0 Å². The SMILES string of the molecule is Cc1cc(C(=O)NCc2csc(CCc3ccccc3)n2)no1. The highest BCUT2D eigenvalue weighted by molar-refractivity contribution is 7.09. The second kappa shape index (κ2) is 7.19. The molecule has 6 heteroatoms. The Bertz CT molecular complexity index is 780. The summed E-state index contributed by atoms with van der Waals surface area (Å²) in [5.41, 5.74) is 2.47. The minimum absolute atomic E-state index is 0.249. The number of carbonyl (C=O) groups excluding carboxylic acids is 1. The molecule has 0 aliphatic heterocycles. The number of carbonyl (C=O) groups is 1. The average molecular weight is 327 g/mol. The lowest BCUT2D eigenvalue weighted by Gasteiger charge is -2.00. The molecule has 0 aliphatic rings. The van der Waals surface area contributed by atoms with E-state index in [0.29, 0.717) is 18.0 Å². The highest BCUT2D eigenvalue weighted by Gasteiger charge is 2.11. The molecule has 5 nitrogen and oxygen atoms in total. The zero-order valence-corrected chi connectivity index (χ0v) is 13.6. The van der Waals surface area contributed by atoms with Gasteiger partial charge in [0.15, 0.2) is 5.69 Å². The second-order valence-electron chi connectivity index (χ2n) is 5.22. The van der Waals surface area contributed by atoms with Gasteiger partial charge in [0.05, 0.1) is 17.2 Å². The number of nitrogens with zero attached hydrogens (tertiary/aromatic N) is 2. The zero-order valence-electron chi connectivity index (χ0n) is 12.8. The normalized spacial score (nSPS) is 10.7. The van der Waals surface area contributed by atoms with Crippen LogP contribution in [0.25, 0.3) is 0 Å². The maximum Gasteiger partial charge on any atom is 0.273 e. The van der Waals surface area contributed by atoms with Gasteiger partial charge in [-0.25, -0.2) is 4.98 Å². The van der Waals surface area contributed by atoms with Crippen LogP contribution in [-0.4, -0.2) is 16.0 Å². The van der Waals surface area contributed by atoms with Gasteiger partial charge in [-0.2, -0.15) is 0 Å². The Kier molecular flexibility index (Phi) is 4.83. The molecule has 0 bridgehead atoms. The van der Waals surface area contributed by atoms with Crippen LogP contribution in [0, 0.1) is 6.92 Å². The van der Waals surface area contributed by atoms with Gasteiger partial charge in [0, 0.05) is 17.9 Å². The molecule has 1 amide bonds. The van der Waals surface area contributed by atoms with Crippen molar-refractivity contribution in [1.82, 2.24) is 15.5 Å². The Hall–Kier alpha value is -2.47. The van der Waals surface area contributed by atoms with Crippen molar-refractivity contribution in [2.45, 2.75) is 26.3 Å². The summed E-state index contributed by atoms with van der Waals surface area (Å²) < 4.78 is 4.89. The summed E-state index contributed by atoms with van der Waals surface area (Å²) in [5, 5.41) is 9.55. The van der Waals surface area contributed by atoms with E-state index < -0.39 is 0 Å². The molecule has 3 aromatic rings. The molecule has 0 radical (unpaired) electrons. The fourth-order valence-corrected chi connectivity index (χ4v) is 2.97. The molecule has 1 aromatic carbocycles. The highest BCUT2D eigenvalue weighted by atomic mass is 32.1. The van der Waals surface area contributed by atoms with Crippen molar-refractivity contribution < 1.29 is 9.32 Å². The third-order valence-corrected chi connectivity index (χ3v) is 4.32. The number of rotatable bonds is 6. The maximum absolute atomic E-state index is 11.9. The van der Waals surface area contributed by atoms with Crippen molar-refractivity contribution in [2.24, 2.45) is 0 Å². The number of aryl methyl sites for hydroxylation is 3. The Morgan fingerprint density at radius 2 is 2.09 bits per heavy atom. The molecule has 0 spiro atoms. The van der Waals surface area contributed by atoms with Gasteiger partial charge in [-0.1, -0.05) is 35.5 Å². The average Bonchev–Trinajstić information content (AvgIpc) is 3.21. The molecule has 0 saturated carbocycles. The molecule has 23 heavy (non-hydrogen) atoms. The zero-order chi connectivity index (χ0) is 16.1. The third kappa shape index (κ3) is 4.26. The third-order valence-electron chi connectivity index (χ3n) is 3.36. The van der Waals surface area contributed by atoms with Crippen LogP contribution in [0.4, 0.5) is 0 Å². The van der Waals surface area contributed by atoms with Crippen molar-refractivity contribution in [1.29, 1.82) is 0 Å². The summed E-state index contributed by atoms with van der Waals surface area (Å²) in [6, 6.07) is 12.0. The minimum atomic E-state index is -0.249. The molecule has 0 atom stereocenters. The first kappa shape index (κ1) is 15.4. The molecular weight excluding hydrogens is 310 g/mol. The Morgan fingerprint density at radius 3 is 2.83 bits per heavy atom. The summed E-state index contributed by atoms with van der Waals surface area (Å²) in [6.07, 6.45) is 1.88. The monoisotopic (exact) mass is 327 g/mol. The number of hydrogen-bond donors (Lipinski definition) is 1. The van der Waals surface area contributed by atoms with Crippen LogP contribution in [0.3, 0.4) is 0 Å². The van der Waals surface area contributed by atoms with Crippen LogP contribution in [0.2, 0.25) is 0 Å². The van der Waals surface area contributed by atoms with E-state index in [-0.39, 0.29) is 5.91 Å². The van der Waals surface area contributed by atoms with Crippen LogP contribution in [0.15, 0.2) is 46.3 Å². The fourth-order valence-electron chi connectivity index (χ4n) is 2.18. The number of nitrogens with one attached hydrogen (secondary N) is 1. The molecule has 0 saturated heterocycles. The summed E-state index contributed by atoms with van der Waals surface area (Å²) in [6.45, 7) is 2.15. The molecule has 2 aromatic heterocycles. The first-order valence-corrected chi connectivity index (χ1v) is 8.27. The number of hydrogen-bond acceptors (Lipinski definition) is 5. The van der Waals surface area contributed by atoms with E-state index in [1.54, 1.807) is 24.3 Å². The fraction of sp³-hybridized carbons (Fsp3) is 0.235. The standard InChI is InChI=1S/C17H17N3O2S/c1-12-9-15(20-22-12)17(21)18-10-14-11-23-16(19-14)8-7-13-5-3-2-4-6-13/h2-6,9,11H,7-8,10H2,1H3,(H,18,21). The largest absolute Gasteiger partial charge is 0.361 e. The van der Waals surface area contributed by atoms with E-state index in [9.17, 15) is 4.79 Å². The van der Waals surface area contributed by atoms with E-state index in [2.05, 4.69) is 27.6 Å². The number of benzene rings is 1. The van der Waals surface area contributed by atoms with Crippen LogP contribution in [0.5, 0.6) is 0 Å². The minimum Gasteiger partial charge on any atom is -0.361 e. The van der Waals surface area contributed by atoms with Crippen molar-refractivity contribution >= 4 is 17.2 Å². The van der Waals surface area contributed by atoms with E-state index in [4.69, 9.17) is 4.52 Å². The van der Waals surface area contributed by atoms with Crippen LogP contribution in [0.1, 0.15) is 32.5 Å². The predicted molar refractivity (Wildman–Crippen MR) is 88.4 cm³/mol. The summed E-state index contributed by atoms with van der Waals surface area (Å²) in [7, 11) is 0. The molecule has 2 heterocycles. The summed E-state index contributed by atoms with van der Waals surface area (Å²) >= 11 is 1.62. The van der Waals surface area contributed by atoms with Crippen molar-refractivity contribution in [2.75, 3.05) is 0 Å². The van der Waals surface area contributed by atoms with Gasteiger partial charge in [-0.3, -0.25) is 4.79 Å². The summed E-state index contributed by atoms with van der Waals surface area (Å²) in [5.74, 6) is 0.368. The second-order valence-corrected chi connectivity index (χ2v) is 6.17.